The molecule has 1 rings (SSSR count). The average molecular weight is 228 g/mol. The van der Waals surface area contributed by atoms with E-state index in [0.717, 1.165) is 32.7 Å². The number of amides is 1. The van der Waals surface area contributed by atoms with Gasteiger partial charge in [-0.1, -0.05) is 20.8 Å². The maximum atomic E-state index is 11.5. The van der Waals surface area contributed by atoms with Crippen LogP contribution in [0.15, 0.2) is 0 Å². The summed E-state index contributed by atoms with van der Waals surface area (Å²) in [4.78, 5) is 15.7. The molecule has 1 heterocycles. The number of nitrogens with zero attached hydrogens (tertiary/aromatic N) is 2. The number of rotatable bonds is 2. The summed E-state index contributed by atoms with van der Waals surface area (Å²) in [6, 6.07) is 0. The van der Waals surface area contributed by atoms with Crippen LogP contribution < -0.4 is 0 Å². The molecule has 1 atom stereocenters. The van der Waals surface area contributed by atoms with E-state index in [9.17, 15) is 9.90 Å². The SMILES string of the molecule is C[C@H](O)C(=O)N1CCN(CC(C)(C)C)CC1. The van der Waals surface area contributed by atoms with Crippen molar-refractivity contribution in [1.82, 2.24) is 9.80 Å². The Morgan fingerprint density at radius 1 is 1.25 bits per heavy atom. The molecule has 4 nitrogen and oxygen atoms in total. The maximum Gasteiger partial charge on any atom is 0.251 e. The minimum Gasteiger partial charge on any atom is -0.384 e. The highest BCUT2D eigenvalue weighted by molar-refractivity contribution is 5.80. The van der Waals surface area contributed by atoms with E-state index in [2.05, 4.69) is 25.7 Å². The molecule has 1 fully saturated rings. The van der Waals surface area contributed by atoms with Crippen LogP contribution in [-0.4, -0.2) is 59.6 Å². The molecule has 16 heavy (non-hydrogen) atoms. The van der Waals surface area contributed by atoms with E-state index in [0.29, 0.717) is 5.41 Å². The summed E-state index contributed by atoms with van der Waals surface area (Å²) < 4.78 is 0. The molecule has 94 valence electrons. The number of hydrogen-bond donors (Lipinski definition) is 1. The standard InChI is InChI=1S/C12H24N2O2/c1-10(15)11(16)14-7-5-13(6-8-14)9-12(2,3)4/h10,15H,5-9H2,1-4H3/t10-/m0/s1. The van der Waals surface area contributed by atoms with Crippen LogP contribution in [0, 0.1) is 5.41 Å². The number of carbonyl (C=O) groups is 1. The van der Waals surface area contributed by atoms with Gasteiger partial charge in [0, 0.05) is 32.7 Å². The Hall–Kier alpha value is -0.610. The predicted octanol–water partition coefficient (Wildman–Crippen LogP) is 0.557. The van der Waals surface area contributed by atoms with Crippen LogP contribution in [0.1, 0.15) is 27.7 Å². The van der Waals surface area contributed by atoms with E-state index in [-0.39, 0.29) is 5.91 Å². The molecule has 1 amide bonds. The Balaban J connectivity index is 2.37. The van der Waals surface area contributed by atoms with Crippen LogP contribution >= 0.6 is 0 Å². The van der Waals surface area contributed by atoms with E-state index >= 15 is 0 Å². The molecule has 1 saturated heterocycles. The first kappa shape index (κ1) is 13.5. The van der Waals surface area contributed by atoms with Gasteiger partial charge in [0.15, 0.2) is 0 Å². The summed E-state index contributed by atoms with van der Waals surface area (Å²) in [6.07, 6.45) is -0.867. The van der Waals surface area contributed by atoms with Crippen molar-refractivity contribution in [1.29, 1.82) is 0 Å². The fourth-order valence-corrected chi connectivity index (χ4v) is 2.06. The normalized spacial score (nSPS) is 20.9. The monoisotopic (exact) mass is 228 g/mol. The van der Waals surface area contributed by atoms with E-state index in [1.807, 2.05) is 0 Å². The third-order valence-corrected chi connectivity index (χ3v) is 2.74. The van der Waals surface area contributed by atoms with Gasteiger partial charge in [-0.05, 0) is 12.3 Å². The number of carbonyl (C=O) groups excluding carboxylic acids is 1. The van der Waals surface area contributed by atoms with Gasteiger partial charge in [0.1, 0.15) is 6.10 Å². The maximum absolute atomic E-state index is 11.5. The van der Waals surface area contributed by atoms with E-state index in [1.165, 1.54) is 6.92 Å². The van der Waals surface area contributed by atoms with E-state index in [1.54, 1.807) is 4.90 Å². The molecular formula is C12H24N2O2. The lowest BCUT2D eigenvalue weighted by Gasteiger charge is -2.38. The molecule has 1 N–H and O–H groups in total. The zero-order valence-electron chi connectivity index (χ0n) is 10.9. The van der Waals surface area contributed by atoms with Crippen LogP contribution in [0.4, 0.5) is 0 Å². The van der Waals surface area contributed by atoms with Crippen molar-refractivity contribution in [2.45, 2.75) is 33.8 Å². The van der Waals surface area contributed by atoms with Crippen LogP contribution in [0.25, 0.3) is 0 Å². The number of hydrogen-bond acceptors (Lipinski definition) is 3. The second-order valence-corrected chi connectivity index (χ2v) is 5.84. The van der Waals surface area contributed by atoms with Crippen molar-refractivity contribution >= 4 is 5.91 Å². The van der Waals surface area contributed by atoms with Gasteiger partial charge >= 0.3 is 0 Å². The highest BCUT2D eigenvalue weighted by atomic mass is 16.3. The van der Waals surface area contributed by atoms with Gasteiger partial charge in [-0.15, -0.1) is 0 Å². The van der Waals surface area contributed by atoms with Crippen LogP contribution in [0.5, 0.6) is 0 Å². The molecule has 0 aliphatic carbocycles. The molecule has 0 aromatic carbocycles. The van der Waals surface area contributed by atoms with Gasteiger partial charge in [-0.25, -0.2) is 0 Å². The fourth-order valence-electron chi connectivity index (χ4n) is 2.06. The number of aliphatic hydroxyl groups excluding tert-OH is 1. The molecule has 0 saturated carbocycles. The first-order chi connectivity index (χ1) is 7.29. The number of piperazine rings is 1. The minimum atomic E-state index is -0.867. The Bertz CT molecular complexity index is 238. The average Bonchev–Trinajstić information content (AvgIpc) is 2.15. The van der Waals surface area contributed by atoms with Gasteiger partial charge in [0.2, 0.25) is 0 Å². The Kier molecular flexibility index (Phi) is 4.33. The first-order valence-electron chi connectivity index (χ1n) is 5.99. The smallest absolute Gasteiger partial charge is 0.251 e. The molecule has 0 radical (unpaired) electrons. The van der Waals surface area contributed by atoms with Gasteiger partial charge < -0.3 is 10.0 Å². The summed E-state index contributed by atoms with van der Waals surface area (Å²) in [7, 11) is 0. The Morgan fingerprint density at radius 2 is 1.75 bits per heavy atom. The predicted molar refractivity (Wildman–Crippen MR) is 64.2 cm³/mol. The topological polar surface area (TPSA) is 43.8 Å². The van der Waals surface area contributed by atoms with Gasteiger partial charge in [-0.3, -0.25) is 9.69 Å². The molecule has 0 aromatic rings. The molecule has 0 bridgehead atoms. The fraction of sp³-hybridized carbons (Fsp3) is 0.917. The largest absolute Gasteiger partial charge is 0.384 e. The van der Waals surface area contributed by atoms with Crippen molar-refractivity contribution in [3.05, 3.63) is 0 Å². The Morgan fingerprint density at radius 3 is 2.12 bits per heavy atom. The van der Waals surface area contributed by atoms with Crippen molar-refractivity contribution < 1.29 is 9.90 Å². The molecule has 0 aromatic heterocycles. The zero-order valence-corrected chi connectivity index (χ0v) is 10.9. The lowest BCUT2D eigenvalue weighted by molar-refractivity contribution is -0.141. The van der Waals surface area contributed by atoms with Crippen LogP contribution in [0.3, 0.4) is 0 Å². The van der Waals surface area contributed by atoms with Crippen LogP contribution in [-0.2, 0) is 4.79 Å². The van der Waals surface area contributed by atoms with Crippen LogP contribution in [0.2, 0.25) is 0 Å². The summed E-state index contributed by atoms with van der Waals surface area (Å²) >= 11 is 0. The second kappa shape index (κ2) is 5.15. The quantitative estimate of drug-likeness (QED) is 0.751. The molecular weight excluding hydrogens is 204 g/mol. The summed E-state index contributed by atoms with van der Waals surface area (Å²) in [6.45, 7) is 12.6. The first-order valence-corrected chi connectivity index (χ1v) is 5.99. The molecule has 1 aliphatic heterocycles. The minimum absolute atomic E-state index is 0.143. The van der Waals surface area contributed by atoms with E-state index < -0.39 is 6.10 Å². The van der Waals surface area contributed by atoms with E-state index in [4.69, 9.17) is 0 Å². The zero-order chi connectivity index (χ0) is 12.3. The van der Waals surface area contributed by atoms with Gasteiger partial charge in [-0.2, -0.15) is 0 Å². The Labute approximate surface area is 98.2 Å². The molecule has 0 spiro atoms. The van der Waals surface area contributed by atoms with Gasteiger partial charge in [0.05, 0.1) is 0 Å². The highest BCUT2D eigenvalue weighted by Gasteiger charge is 2.25. The van der Waals surface area contributed by atoms with Crippen molar-refractivity contribution in [2.75, 3.05) is 32.7 Å². The third kappa shape index (κ3) is 4.10. The van der Waals surface area contributed by atoms with Crippen molar-refractivity contribution in [3.63, 3.8) is 0 Å². The van der Waals surface area contributed by atoms with Crippen molar-refractivity contribution in [2.24, 2.45) is 5.41 Å². The molecule has 4 heteroatoms. The third-order valence-electron chi connectivity index (χ3n) is 2.74. The molecule has 1 aliphatic rings. The second-order valence-electron chi connectivity index (χ2n) is 5.84. The van der Waals surface area contributed by atoms with Crippen molar-refractivity contribution in [3.8, 4) is 0 Å². The summed E-state index contributed by atoms with van der Waals surface area (Å²) in [5, 5.41) is 9.22. The molecule has 0 unspecified atom stereocenters. The van der Waals surface area contributed by atoms with Gasteiger partial charge in [0.25, 0.3) is 5.91 Å². The summed E-state index contributed by atoms with van der Waals surface area (Å²) in [5.74, 6) is -0.143. The lowest BCUT2D eigenvalue weighted by Crippen LogP contribution is -2.52. The highest BCUT2D eigenvalue weighted by Crippen LogP contribution is 2.16. The summed E-state index contributed by atoms with van der Waals surface area (Å²) in [5.41, 5.74) is 0.302. The lowest BCUT2D eigenvalue weighted by atomic mass is 9.96. The number of aliphatic hydroxyl groups is 1.